The average Bonchev–Trinajstić information content (AvgIpc) is 3.15. The minimum absolute atomic E-state index is 0.140. The van der Waals surface area contributed by atoms with E-state index in [0.29, 0.717) is 11.5 Å². The molecule has 0 unspecified atom stereocenters. The third-order valence-electron chi connectivity index (χ3n) is 3.03. The highest BCUT2D eigenvalue weighted by Crippen LogP contribution is 2.28. The standard InChI is InChI=1S/C14H10N4O4S/c1-8-11(12(17-22-8)9-5-3-2-4-6-9)13(19)16-14-15-7-10(23-14)18(20)21/h2-7H,1H3,(H,15,16,19). The van der Waals surface area contributed by atoms with Crippen molar-refractivity contribution in [3.05, 3.63) is 58.0 Å². The van der Waals surface area contributed by atoms with Crippen LogP contribution in [0.25, 0.3) is 11.3 Å². The van der Waals surface area contributed by atoms with Crippen molar-refractivity contribution in [3.8, 4) is 11.3 Å². The van der Waals surface area contributed by atoms with Crippen LogP contribution < -0.4 is 5.32 Å². The van der Waals surface area contributed by atoms with E-state index in [1.165, 1.54) is 0 Å². The second-order valence-electron chi connectivity index (χ2n) is 4.54. The van der Waals surface area contributed by atoms with Crippen LogP contribution in [0.15, 0.2) is 41.1 Å². The van der Waals surface area contributed by atoms with Gasteiger partial charge in [0.2, 0.25) is 0 Å². The van der Waals surface area contributed by atoms with Gasteiger partial charge in [0.1, 0.15) is 23.2 Å². The third-order valence-corrected chi connectivity index (χ3v) is 3.90. The predicted octanol–water partition coefficient (Wildman–Crippen LogP) is 3.27. The largest absolute Gasteiger partial charge is 0.360 e. The summed E-state index contributed by atoms with van der Waals surface area (Å²) in [7, 11) is 0. The number of hydrogen-bond donors (Lipinski definition) is 1. The SMILES string of the molecule is Cc1onc(-c2ccccc2)c1C(=O)Nc1ncc([N+](=O)[O-])s1. The molecular formula is C14H10N4O4S. The highest BCUT2D eigenvalue weighted by atomic mass is 32.1. The normalized spacial score (nSPS) is 10.5. The Morgan fingerprint density at radius 2 is 2.09 bits per heavy atom. The minimum Gasteiger partial charge on any atom is -0.360 e. The summed E-state index contributed by atoms with van der Waals surface area (Å²) in [5.41, 5.74) is 1.42. The van der Waals surface area contributed by atoms with Gasteiger partial charge in [-0.1, -0.05) is 35.5 Å². The predicted molar refractivity (Wildman–Crippen MR) is 83.4 cm³/mol. The molecule has 1 amide bonds. The fraction of sp³-hybridized carbons (Fsp3) is 0.0714. The summed E-state index contributed by atoms with van der Waals surface area (Å²) >= 11 is 0.781. The van der Waals surface area contributed by atoms with Crippen LogP contribution >= 0.6 is 11.3 Å². The first kappa shape index (κ1) is 14.9. The number of nitro groups is 1. The molecular weight excluding hydrogens is 320 g/mol. The van der Waals surface area contributed by atoms with Crippen molar-refractivity contribution in [1.29, 1.82) is 0 Å². The van der Waals surface area contributed by atoms with Crippen LogP contribution in [0.3, 0.4) is 0 Å². The van der Waals surface area contributed by atoms with Gasteiger partial charge in [-0.05, 0) is 18.3 Å². The van der Waals surface area contributed by atoms with Crippen molar-refractivity contribution >= 4 is 27.4 Å². The Balaban J connectivity index is 1.90. The number of nitrogens with zero attached hydrogens (tertiary/aromatic N) is 3. The van der Waals surface area contributed by atoms with Crippen LogP contribution in [0.5, 0.6) is 0 Å². The molecule has 1 N–H and O–H groups in total. The Hall–Kier alpha value is -3.07. The van der Waals surface area contributed by atoms with Crippen LogP contribution in [0.2, 0.25) is 0 Å². The zero-order valence-electron chi connectivity index (χ0n) is 11.8. The molecule has 0 fully saturated rings. The van der Waals surface area contributed by atoms with E-state index in [4.69, 9.17) is 4.52 Å². The Morgan fingerprint density at radius 1 is 1.35 bits per heavy atom. The molecule has 0 aliphatic heterocycles. The summed E-state index contributed by atoms with van der Waals surface area (Å²) in [6.45, 7) is 1.62. The van der Waals surface area contributed by atoms with E-state index in [9.17, 15) is 14.9 Å². The van der Waals surface area contributed by atoms with E-state index in [1.54, 1.807) is 6.92 Å². The second kappa shape index (κ2) is 5.97. The molecule has 0 atom stereocenters. The molecule has 23 heavy (non-hydrogen) atoms. The molecule has 0 saturated heterocycles. The van der Waals surface area contributed by atoms with Gasteiger partial charge in [-0.25, -0.2) is 4.98 Å². The number of rotatable bonds is 4. The maximum Gasteiger partial charge on any atom is 0.345 e. The third kappa shape index (κ3) is 2.94. The zero-order chi connectivity index (χ0) is 16.4. The lowest BCUT2D eigenvalue weighted by molar-refractivity contribution is -0.380. The van der Waals surface area contributed by atoms with Crippen LogP contribution in [0, 0.1) is 17.0 Å². The van der Waals surface area contributed by atoms with E-state index in [-0.39, 0.29) is 15.7 Å². The molecule has 1 aromatic carbocycles. The Bertz CT molecular complexity index is 872. The first-order valence-electron chi connectivity index (χ1n) is 6.49. The maximum absolute atomic E-state index is 12.5. The molecule has 0 bridgehead atoms. The number of anilines is 1. The van der Waals surface area contributed by atoms with Gasteiger partial charge >= 0.3 is 5.00 Å². The van der Waals surface area contributed by atoms with Gasteiger partial charge in [-0.15, -0.1) is 0 Å². The van der Waals surface area contributed by atoms with E-state index in [2.05, 4.69) is 15.5 Å². The zero-order valence-corrected chi connectivity index (χ0v) is 12.7. The van der Waals surface area contributed by atoms with E-state index in [0.717, 1.165) is 23.1 Å². The monoisotopic (exact) mass is 330 g/mol. The van der Waals surface area contributed by atoms with Gasteiger partial charge in [0, 0.05) is 5.56 Å². The van der Waals surface area contributed by atoms with Gasteiger partial charge in [0.15, 0.2) is 5.13 Å². The summed E-state index contributed by atoms with van der Waals surface area (Å²) < 4.78 is 5.12. The number of hydrogen-bond acceptors (Lipinski definition) is 7. The molecule has 9 heteroatoms. The van der Waals surface area contributed by atoms with E-state index < -0.39 is 10.8 Å². The summed E-state index contributed by atoms with van der Waals surface area (Å²) in [6.07, 6.45) is 1.10. The highest BCUT2D eigenvalue weighted by molar-refractivity contribution is 7.18. The molecule has 0 aliphatic carbocycles. The number of amides is 1. The molecule has 0 aliphatic rings. The van der Waals surface area contributed by atoms with Crippen LogP contribution in [0.4, 0.5) is 10.1 Å². The molecule has 2 heterocycles. The highest BCUT2D eigenvalue weighted by Gasteiger charge is 2.23. The summed E-state index contributed by atoms with van der Waals surface area (Å²) in [4.78, 5) is 26.4. The van der Waals surface area contributed by atoms with Crippen molar-refractivity contribution in [2.75, 3.05) is 5.32 Å². The Morgan fingerprint density at radius 3 is 2.74 bits per heavy atom. The number of carbonyl (C=O) groups is 1. The summed E-state index contributed by atoms with van der Waals surface area (Å²) in [5.74, 6) is -0.126. The molecule has 0 radical (unpaired) electrons. The van der Waals surface area contributed by atoms with Crippen molar-refractivity contribution in [1.82, 2.24) is 10.1 Å². The molecule has 3 aromatic rings. The number of benzene rings is 1. The first-order valence-corrected chi connectivity index (χ1v) is 7.31. The molecule has 116 valence electrons. The number of aromatic nitrogens is 2. The van der Waals surface area contributed by atoms with Gasteiger partial charge in [0.25, 0.3) is 5.91 Å². The second-order valence-corrected chi connectivity index (χ2v) is 5.55. The number of aryl methyl sites for hydroxylation is 1. The Kier molecular flexibility index (Phi) is 3.85. The number of thiazole rings is 1. The fourth-order valence-corrected chi connectivity index (χ4v) is 2.63. The van der Waals surface area contributed by atoms with Crippen LogP contribution in [-0.4, -0.2) is 21.0 Å². The lowest BCUT2D eigenvalue weighted by atomic mass is 10.1. The fourth-order valence-electron chi connectivity index (χ4n) is 2.00. The topological polar surface area (TPSA) is 111 Å². The van der Waals surface area contributed by atoms with Crippen molar-refractivity contribution in [3.63, 3.8) is 0 Å². The van der Waals surface area contributed by atoms with Crippen molar-refractivity contribution in [2.24, 2.45) is 0 Å². The van der Waals surface area contributed by atoms with E-state index in [1.807, 2.05) is 30.3 Å². The lowest BCUT2D eigenvalue weighted by Gasteiger charge is -2.02. The quantitative estimate of drug-likeness (QED) is 0.580. The van der Waals surface area contributed by atoms with E-state index >= 15 is 0 Å². The maximum atomic E-state index is 12.5. The molecule has 2 aromatic heterocycles. The smallest absolute Gasteiger partial charge is 0.345 e. The minimum atomic E-state index is -0.562. The number of carbonyl (C=O) groups excluding carboxylic acids is 1. The van der Waals surface area contributed by atoms with Gasteiger partial charge < -0.3 is 4.52 Å². The average molecular weight is 330 g/mol. The summed E-state index contributed by atoms with van der Waals surface area (Å²) in [6, 6.07) is 9.12. The first-order chi connectivity index (χ1) is 11.1. The van der Waals surface area contributed by atoms with Gasteiger partial charge in [0.05, 0.1) is 4.92 Å². The molecule has 0 saturated carbocycles. The van der Waals surface area contributed by atoms with Gasteiger partial charge in [-0.2, -0.15) is 0 Å². The van der Waals surface area contributed by atoms with Gasteiger partial charge in [-0.3, -0.25) is 20.2 Å². The van der Waals surface area contributed by atoms with Crippen molar-refractivity contribution in [2.45, 2.75) is 6.92 Å². The molecule has 3 rings (SSSR count). The number of nitrogens with one attached hydrogen (secondary N) is 1. The lowest BCUT2D eigenvalue weighted by Crippen LogP contribution is -2.13. The van der Waals surface area contributed by atoms with Crippen molar-refractivity contribution < 1.29 is 14.2 Å². The Labute approximate surface area is 133 Å². The molecule has 8 nitrogen and oxygen atoms in total. The van der Waals surface area contributed by atoms with Crippen LogP contribution in [0.1, 0.15) is 16.1 Å². The molecule has 0 spiro atoms. The summed E-state index contributed by atoms with van der Waals surface area (Å²) in [5, 5.41) is 17.1. The van der Waals surface area contributed by atoms with Crippen LogP contribution in [-0.2, 0) is 0 Å².